The van der Waals surface area contributed by atoms with Crippen molar-refractivity contribution in [2.75, 3.05) is 31.6 Å². The first-order valence-corrected chi connectivity index (χ1v) is 11.1. The van der Waals surface area contributed by atoms with E-state index < -0.39 is 0 Å². The van der Waals surface area contributed by atoms with Gasteiger partial charge < -0.3 is 15.5 Å². The molecule has 3 aromatic rings. The van der Waals surface area contributed by atoms with Gasteiger partial charge in [0.1, 0.15) is 11.5 Å². The van der Waals surface area contributed by atoms with Crippen LogP contribution < -0.4 is 15.5 Å². The summed E-state index contributed by atoms with van der Waals surface area (Å²) < 4.78 is 0. The SMILES string of the molecule is CNC(=O)c1cc2ccccc2c(N2CCCc3cc(C4=CCNCC4)c(C)cc32)n1. The molecule has 2 aromatic carbocycles. The minimum absolute atomic E-state index is 0.159. The normalized spacial score (nSPS) is 16.1. The first kappa shape index (κ1) is 19.8. The Hall–Kier alpha value is -3.18. The average molecular weight is 413 g/mol. The van der Waals surface area contributed by atoms with Gasteiger partial charge in [0.2, 0.25) is 0 Å². The lowest BCUT2D eigenvalue weighted by Gasteiger charge is -2.33. The van der Waals surface area contributed by atoms with Crippen molar-refractivity contribution in [2.45, 2.75) is 26.2 Å². The molecule has 5 heteroatoms. The number of carbonyl (C=O) groups is 1. The Morgan fingerprint density at radius 2 is 2.03 bits per heavy atom. The van der Waals surface area contributed by atoms with E-state index in [1.165, 1.54) is 28.0 Å². The molecule has 0 radical (unpaired) electrons. The second kappa shape index (κ2) is 8.16. The van der Waals surface area contributed by atoms with Crippen LogP contribution in [0, 0.1) is 6.92 Å². The van der Waals surface area contributed by atoms with Crippen LogP contribution in [0.1, 0.15) is 40.0 Å². The van der Waals surface area contributed by atoms with E-state index in [2.05, 4.69) is 52.8 Å². The number of nitrogens with zero attached hydrogens (tertiary/aromatic N) is 2. The van der Waals surface area contributed by atoms with Gasteiger partial charge in [-0.2, -0.15) is 0 Å². The number of rotatable bonds is 3. The van der Waals surface area contributed by atoms with E-state index in [1.807, 2.05) is 18.2 Å². The van der Waals surface area contributed by atoms with Gasteiger partial charge in [-0.05, 0) is 78.6 Å². The van der Waals surface area contributed by atoms with Crippen LogP contribution in [0.2, 0.25) is 0 Å². The highest BCUT2D eigenvalue weighted by atomic mass is 16.1. The number of nitrogens with one attached hydrogen (secondary N) is 2. The highest BCUT2D eigenvalue weighted by Crippen LogP contribution is 2.39. The van der Waals surface area contributed by atoms with Crippen molar-refractivity contribution in [1.82, 2.24) is 15.6 Å². The van der Waals surface area contributed by atoms with Gasteiger partial charge in [-0.3, -0.25) is 4.79 Å². The smallest absolute Gasteiger partial charge is 0.269 e. The number of aromatic nitrogens is 1. The molecule has 3 heterocycles. The van der Waals surface area contributed by atoms with E-state index in [1.54, 1.807) is 7.05 Å². The van der Waals surface area contributed by atoms with Crippen LogP contribution in [0.4, 0.5) is 11.5 Å². The summed E-state index contributed by atoms with van der Waals surface area (Å²) in [5.74, 6) is 0.708. The van der Waals surface area contributed by atoms with E-state index in [0.717, 1.165) is 55.5 Å². The topological polar surface area (TPSA) is 57.3 Å². The third-order valence-corrected chi connectivity index (χ3v) is 6.39. The van der Waals surface area contributed by atoms with Crippen molar-refractivity contribution in [1.29, 1.82) is 0 Å². The van der Waals surface area contributed by atoms with Crippen molar-refractivity contribution >= 4 is 33.8 Å². The monoisotopic (exact) mass is 412 g/mol. The molecular formula is C26H28N4O. The standard InChI is InChI=1S/C26H28N4O/c1-17-14-24-20(15-22(17)18-9-11-28-12-10-18)7-5-13-30(24)25-21-8-4-3-6-19(21)16-23(29-25)26(31)27-2/h3-4,6,8-9,14-16,28H,5,7,10-13H2,1-2H3,(H,27,31). The zero-order chi connectivity index (χ0) is 21.4. The maximum Gasteiger partial charge on any atom is 0.269 e. The van der Waals surface area contributed by atoms with Gasteiger partial charge in [0.15, 0.2) is 0 Å². The molecule has 5 rings (SSSR count). The molecule has 31 heavy (non-hydrogen) atoms. The Kier molecular flexibility index (Phi) is 5.20. The second-order valence-corrected chi connectivity index (χ2v) is 8.37. The molecule has 0 saturated carbocycles. The van der Waals surface area contributed by atoms with E-state index in [0.29, 0.717) is 5.69 Å². The van der Waals surface area contributed by atoms with Gasteiger partial charge in [0, 0.05) is 31.2 Å². The van der Waals surface area contributed by atoms with Crippen LogP contribution in [0.3, 0.4) is 0 Å². The third-order valence-electron chi connectivity index (χ3n) is 6.39. The van der Waals surface area contributed by atoms with Gasteiger partial charge >= 0.3 is 0 Å². The number of fused-ring (bicyclic) bond motifs is 2. The molecule has 0 aliphatic carbocycles. The summed E-state index contributed by atoms with van der Waals surface area (Å²) in [6, 6.07) is 14.8. The summed E-state index contributed by atoms with van der Waals surface area (Å²) in [7, 11) is 1.65. The molecule has 0 atom stereocenters. The van der Waals surface area contributed by atoms with Gasteiger partial charge in [0.05, 0.1) is 0 Å². The lowest BCUT2D eigenvalue weighted by molar-refractivity contribution is 0.0958. The van der Waals surface area contributed by atoms with E-state index in [4.69, 9.17) is 4.98 Å². The summed E-state index contributed by atoms with van der Waals surface area (Å²) >= 11 is 0. The molecule has 2 N–H and O–H groups in total. The number of amides is 1. The molecule has 2 aliphatic rings. The van der Waals surface area contributed by atoms with Crippen LogP contribution >= 0.6 is 0 Å². The van der Waals surface area contributed by atoms with Gasteiger partial charge in [-0.1, -0.05) is 30.3 Å². The molecule has 5 nitrogen and oxygen atoms in total. The Morgan fingerprint density at radius 1 is 1.16 bits per heavy atom. The summed E-state index contributed by atoms with van der Waals surface area (Å²) in [6.07, 6.45) is 5.53. The number of hydrogen-bond acceptors (Lipinski definition) is 4. The highest BCUT2D eigenvalue weighted by molar-refractivity contribution is 6.01. The Labute approximate surface area is 183 Å². The van der Waals surface area contributed by atoms with Gasteiger partial charge in [-0.25, -0.2) is 4.98 Å². The molecule has 0 unspecified atom stereocenters. The fourth-order valence-electron chi connectivity index (χ4n) is 4.80. The fraction of sp³-hybridized carbons (Fsp3) is 0.308. The molecule has 0 saturated heterocycles. The average Bonchev–Trinajstić information content (AvgIpc) is 2.82. The zero-order valence-corrected chi connectivity index (χ0v) is 18.2. The van der Waals surface area contributed by atoms with Crippen molar-refractivity contribution in [3.8, 4) is 0 Å². The first-order chi connectivity index (χ1) is 15.2. The molecule has 2 aliphatic heterocycles. The third kappa shape index (κ3) is 3.59. The van der Waals surface area contributed by atoms with Crippen LogP contribution in [-0.2, 0) is 6.42 Å². The minimum Gasteiger partial charge on any atom is -0.354 e. The lowest BCUT2D eigenvalue weighted by Crippen LogP contribution is -2.27. The van der Waals surface area contributed by atoms with Crippen LogP contribution in [0.25, 0.3) is 16.3 Å². The molecule has 158 valence electrons. The summed E-state index contributed by atoms with van der Waals surface area (Å²) in [6.45, 7) is 5.08. The highest BCUT2D eigenvalue weighted by Gasteiger charge is 2.24. The zero-order valence-electron chi connectivity index (χ0n) is 18.2. The largest absolute Gasteiger partial charge is 0.354 e. The summed E-state index contributed by atoms with van der Waals surface area (Å²) in [4.78, 5) is 19.5. The Morgan fingerprint density at radius 3 is 2.84 bits per heavy atom. The number of anilines is 2. The molecular weight excluding hydrogens is 384 g/mol. The molecule has 0 bridgehead atoms. The number of hydrogen-bond donors (Lipinski definition) is 2. The molecule has 1 amide bonds. The van der Waals surface area contributed by atoms with Crippen LogP contribution in [0.15, 0.2) is 48.5 Å². The Balaban J connectivity index is 1.65. The van der Waals surface area contributed by atoms with Crippen molar-refractivity contribution < 1.29 is 4.79 Å². The van der Waals surface area contributed by atoms with Crippen molar-refractivity contribution in [2.24, 2.45) is 0 Å². The summed E-state index contributed by atoms with van der Waals surface area (Å²) in [5.41, 5.74) is 7.15. The van der Waals surface area contributed by atoms with Gasteiger partial charge in [0.25, 0.3) is 5.91 Å². The molecule has 0 fully saturated rings. The predicted molar refractivity (Wildman–Crippen MR) is 127 cm³/mol. The number of benzene rings is 2. The van der Waals surface area contributed by atoms with E-state index in [9.17, 15) is 4.79 Å². The first-order valence-electron chi connectivity index (χ1n) is 11.1. The minimum atomic E-state index is -0.159. The molecule has 1 aromatic heterocycles. The maximum absolute atomic E-state index is 12.4. The molecule has 0 spiro atoms. The second-order valence-electron chi connectivity index (χ2n) is 8.37. The summed E-state index contributed by atoms with van der Waals surface area (Å²) in [5, 5.41) is 8.23. The van der Waals surface area contributed by atoms with E-state index >= 15 is 0 Å². The quantitative estimate of drug-likeness (QED) is 0.671. The van der Waals surface area contributed by atoms with Crippen molar-refractivity contribution in [3.63, 3.8) is 0 Å². The fourth-order valence-corrected chi connectivity index (χ4v) is 4.80. The Bertz CT molecular complexity index is 1200. The van der Waals surface area contributed by atoms with Crippen molar-refractivity contribution in [3.05, 3.63) is 70.9 Å². The van der Waals surface area contributed by atoms with Gasteiger partial charge in [-0.15, -0.1) is 0 Å². The van der Waals surface area contributed by atoms with Crippen LogP contribution in [0.5, 0.6) is 0 Å². The van der Waals surface area contributed by atoms with Crippen LogP contribution in [-0.4, -0.2) is 37.6 Å². The predicted octanol–water partition coefficient (Wildman–Crippen LogP) is 4.36. The van der Waals surface area contributed by atoms with E-state index in [-0.39, 0.29) is 5.91 Å². The lowest BCUT2D eigenvalue weighted by atomic mass is 9.90. The number of carbonyl (C=O) groups excluding carboxylic acids is 1. The number of aryl methyl sites for hydroxylation is 2. The number of pyridine rings is 1. The maximum atomic E-state index is 12.4.